The smallest absolute Gasteiger partial charge is 0.319 e. The molecule has 1 heterocycles. The maximum absolute atomic E-state index is 12.8. The van der Waals surface area contributed by atoms with Crippen LogP contribution in [0.2, 0.25) is 0 Å². The van der Waals surface area contributed by atoms with Crippen molar-refractivity contribution in [2.24, 2.45) is 7.05 Å². The molecule has 184 valence electrons. The van der Waals surface area contributed by atoms with Crippen molar-refractivity contribution in [3.63, 3.8) is 0 Å². The van der Waals surface area contributed by atoms with Crippen molar-refractivity contribution in [1.29, 1.82) is 0 Å². The van der Waals surface area contributed by atoms with Crippen LogP contribution >= 0.6 is 0 Å². The van der Waals surface area contributed by atoms with Gasteiger partial charge in [0.1, 0.15) is 5.75 Å². The van der Waals surface area contributed by atoms with Gasteiger partial charge in [0.25, 0.3) is 5.56 Å². The van der Waals surface area contributed by atoms with Gasteiger partial charge in [-0.25, -0.2) is 4.79 Å². The average Bonchev–Trinajstić information content (AvgIpc) is 2.82. The SMILES string of the molecule is CCOC(=O)C[C@H](NC(=O)Nc1c(O)c(C)cn(C)c1=O)c1cccc(Cc2ccccc2C)c1. The van der Waals surface area contributed by atoms with E-state index in [9.17, 15) is 19.5 Å². The number of esters is 1. The molecule has 0 fully saturated rings. The number of anilines is 1. The number of ether oxygens (including phenoxy) is 1. The predicted octanol–water partition coefficient (Wildman–Crippen LogP) is 4.11. The van der Waals surface area contributed by atoms with Gasteiger partial charge in [-0.05, 0) is 49.4 Å². The molecule has 2 amide bonds. The molecule has 0 unspecified atom stereocenters. The fraction of sp³-hybridized carbons (Fsp3) is 0.296. The zero-order chi connectivity index (χ0) is 25.5. The summed E-state index contributed by atoms with van der Waals surface area (Å²) in [5.41, 5.74) is 3.77. The maximum atomic E-state index is 12.8. The number of hydrogen-bond acceptors (Lipinski definition) is 5. The van der Waals surface area contributed by atoms with Crippen molar-refractivity contribution < 1.29 is 19.4 Å². The standard InChI is InChI=1S/C27H31N3O5/c1-5-35-23(31)15-22(28-27(34)29-24-25(32)18(3)16-30(4)26(24)33)21-12-8-10-19(14-21)13-20-11-7-6-9-17(20)2/h6-12,14,16,22,32H,5,13,15H2,1-4H3,(H2,28,29,34)/t22-/m0/s1. The third-order valence-corrected chi connectivity index (χ3v) is 5.76. The van der Waals surface area contributed by atoms with Crippen LogP contribution < -0.4 is 16.2 Å². The number of aromatic nitrogens is 1. The molecule has 8 nitrogen and oxygen atoms in total. The van der Waals surface area contributed by atoms with Gasteiger partial charge < -0.3 is 25.0 Å². The summed E-state index contributed by atoms with van der Waals surface area (Å²) in [5.74, 6) is -0.762. The highest BCUT2D eigenvalue weighted by Crippen LogP contribution is 2.24. The first-order valence-electron chi connectivity index (χ1n) is 11.4. The van der Waals surface area contributed by atoms with Gasteiger partial charge in [-0.3, -0.25) is 9.59 Å². The van der Waals surface area contributed by atoms with Crippen LogP contribution in [-0.4, -0.2) is 28.3 Å². The van der Waals surface area contributed by atoms with E-state index in [0.29, 0.717) is 12.0 Å². The van der Waals surface area contributed by atoms with Crippen LogP contribution in [0.4, 0.5) is 10.5 Å². The van der Waals surface area contributed by atoms with Gasteiger partial charge in [-0.15, -0.1) is 0 Å². The number of rotatable bonds is 8. The van der Waals surface area contributed by atoms with E-state index in [1.807, 2.05) is 36.4 Å². The topological polar surface area (TPSA) is 110 Å². The van der Waals surface area contributed by atoms with Crippen LogP contribution in [0.15, 0.2) is 59.5 Å². The van der Waals surface area contributed by atoms with E-state index in [1.165, 1.54) is 28.9 Å². The molecule has 1 atom stereocenters. The first-order valence-corrected chi connectivity index (χ1v) is 11.4. The molecule has 0 aliphatic heterocycles. The normalized spacial score (nSPS) is 11.5. The molecule has 3 N–H and O–H groups in total. The number of carbonyl (C=O) groups excluding carboxylic acids is 2. The van der Waals surface area contributed by atoms with Gasteiger partial charge in [-0.2, -0.15) is 0 Å². The molecule has 0 aliphatic carbocycles. The molecule has 3 aromatic rings. The summed E-state index contributed by atoms with van der Waals surface area (Å²) >= 11 is 0. The lowest BCUT2D eigenvalue weighted by Gasteiger charge is -2.20. The average molecular weight is 478 g/mol. The summed E-state index contributed by atoms with van der Waals surface area (Å²) < 4.78 is 6.37. The summed E-state index contributed by atoms with van der Waals surface area (Å²) in [5, 5.41) is 15.5. The van der Waals surface area contributed by atoms with Crippen molar-refractivity contribution >= 4 is 17.7 Å². The van der Waals surface area contributed by atoms with E-state index in [2.05, 4.69) is 29.7 Å². The monoisotopic (exact) mass is 477 g/mol. The van der Waals surface area contributed by atoms with E-state index in [1.54, 1.807) is 13.8 Å². The van der Waals surface area contributed by atoms with Crippen molar-refractivity contribution in [2.75, 3.05) is 11.9 Å². The third kappa shape index (κ3) is 6.50. The van der Waals surface area contributed by atoms with E-state index < -0.39 is 23.6 Å². The highest BCUT2D eigenvalue weighted by Gasteiger charge is 2.22. The molecule has 0 bridgehead atoms. The number of pyridine rings is 1. The molecule has 0 spiro atoms. The Morgan fingerprint density at radius 1 is 1.09 bits per heavy atom. The van der Waals surface area contributed by atoms with Crippen molar-refractivity contribution in [1.82, 2.24) is 9.88 Å². The van der Waals surface area contributed by atoms with Crippen LogP contribution in [0.1, 0.15) is 47.2 Å². The summed E-state index contributed by atoms with van der Waals surface area (Å²) in [6, 6.07) is 14.3. The van der Waals surface area contributed by atoms with Gasteiger partial charge in [0, 0.05) is 18.8 Å². The Labute approximate surface area is 204 Å². The third-order valence-electron chi connectivity index (χ3n) is 5.76. The lowest BCUT2D eigenvalue weighted by atomic mass is 9.96. The predicted molar refractivity (Wildman–Crippen MR) is 135 cm³/mol. The number of amides is 2. The molecular weight excluding hydrogens is 446 g/mol. The highest BCUT2D eigenvalue weighted by atomic mass is 16.5. The number of nitrogens with zero attached hydrogens (tertiary/aromatic N) is 1. The number of aryl methyl sites for hydroxylation is 3. The number of urea groups is 1. The second-order valence-corrected chi connectivity index (χ2v) is 8.46. The van der Waals surface area contributed by atoms with Crippen LogP contribution in [-0.2, 0) is 23.0 Å². The van der Waals surface area contributed by atoms with Crippen molar-refractivity contribution in [3.05, 3.63) is 92.9 Å². The number of hydrogen-bond donors (Lipinski definition) is 3. The number of aromatic hydroxyl groups is 1. The van der Waals surface area contributed by atoms with Gasteiger partial charge in [0.05, 0.1) is 19.1 Å². The Morgan fingerprint density at radius 2 is 1.83 bits per heavy atom. The second kappa shape index (κ2) is 11.4. The zero-order valence-corrected chi connectivity index (χ0v) is 20.4. The minimum absolute atomic E-state index is 0.0904. The lowest BCUT2D eigenvalue weighted by Crippen LogP contribution is -2.36. The molecule has 1 aromatic heterocycles. The minimum atomic E-state index is -0.721. The molecule has 0 aliphatic rings. The molecule has 0 saturated heterocycles. The zero-order valence-electron chi connectivity index (χ0n) is 20.4. The molecule has 0 saturated carbocycles. The summed E-state index contributed by atoms with van der Waals surface area (Å²) in [6.07, 6.45) is 2.09. The van der Waals surface area contributed by atoms with Crippen molar-refractivity contribution in [2.45, 2.75) is 39.7 Å². The minimum Gasteiger partial charge on any atom is -0.505 e. The Bertz CT molecular complexity index is 1280. The first kappa shape index (κ1) is 25.6. The van der Waals surface area contributed by atoms with Gasteiger partial charge >= 0.3 is 12.0 Å². The quantitative estimate of drug-likeness (QED) is 0.423. The molecule has 8 heteroatoms. The maximum Gasteiger partial charge on any atom is 0.319 e. The van der Waals surface area contributed by atoms with E-state index >= 15 is 0 Å². The Balaban J connectivity index is 1.86. The summed E-state index contributed by atoms with van der Waals surface area (Å²) in [7, 11) is 1.53. The van der Waals surface area contributed by atoms with Gasteiger partial charge in [0.15, 0.2) is 5.69 Å². The largest absolute Gasteiger partial charge is 0.505 e. The van der Waals surface area contributed by atoms with E-state index in [4.69, 9.17) is 4.74 Å². The van der Waals surface area contributed by atoms with Crippen LogP contribution in [0.5, 0.6) is 5.75 Å². The molecule has 0 radical (unpaired) electrons. The van der Waals surface area contributed by atoms with Crippen LogP contribution in [0.25, 0.3) is 0 Å². The number of carbonyl (C=O) groups is 2. The van der Waals surface area contributed by atoms with Crippen LogP contribution in [0, 0.1) is 13.8 Å². The fourth-order valence-electron chi connectivity index (χ4n) is 3.89. The summed E-state index contributed by atoms with van der Waals surface area (Å²) in [4.78, 5) is 37.6. The van der Waals surface area contributed by atoms with Gasteiger partial charge in [0.2, 0.25) is 0 Å². The highest BCUT2D eigenvalue weighted by molar-refractivity contribution is 5.91. The Morgan fingerprint density at radius 3 is 2.54 bits per heavy atom. The molecular formula is C27H31N3O5. The lowest BCUT2D eigenvalue weighted by molar-refractivity contribution is -0.143. The first-order chi connectivity index (χ1) is 16.7. The second-order valence-electron chi connectivity index (χ2n) is 8.46. The van der Waals surface area contributed by atoms with E-state index in [-0.39, 0.29) is 24.5 Å². The molecule has 35 heavy (non-hydrogen) atoms. The van der Waals surface area contributed by atoms with Crippen molar-refractivity contribution in [3.8, 4) is 5.75 Å². The van der Waals surface area contributed by atoms with Gasteiger partial charge in [-0.1, -0.05) is 48.5 Å². The Hall–Kier alpha value is -4.07. The number of nitrogens with one attached hydrogen (secondary N) is 2. The number of benzene rings is 2. The van der Waals surface area contributed by atoms with Crippen LogP contribution in [0.3, 0.4) is 0 Å². The molecule has 2 aromatic carbocycles. The van der Waals surface area contributed by atoms with E-state index in [0.717, 1.165) is 11.1 Å². The Kier molecular flexibility index (Phi) is 8.30. The summed E-state index contributed by atoms with van der Waals surface area (Å²) in [6.45, 7) is 5.62. The molecule has 3 rings (SSSR count). The fourth-order valence-corrected chi connectivity index (χ4v) is 3.89.